The maximum atomic E-state index is 14.3. The Morgan fingerprint density at radius 1 is 0.402 bits per heavy atom. The lowest BCUT2D eigenvalue weighted by Crippen LogP contribution is -2.64. The lowest BCUT2D eigenvalue weighted by atomic mass is 9.97. The summed E-state index contributed by atoms with van der Waals surface area (Å²) in [4.78, 5) is 124. The van der Waals surface area contributed by atoms with E-state index in [9.17, 15) is 58.5 Å². The Morgan fingerprint density at radius 3 is 1.18 bits per heavy atom. The van der Waals surface area contributed by atoms with E-state index in [0.717, 1.165) is 13.8 Å². The van der Waals surface area contributed by atoms with Crippen LogP contribution in [0.4, 0.5) is 0 Å². The summed E-state index contributed by atoms with van der Waals surface area (Å²) in [5.41, 5.74) is -0.00858. The van der Waals surface area contributed by atoms with Gasteiger partial charge in [0.15, 0.2) is 43.1 Å². The molecule has 0 aliphatic carbocycles. The molecule has 0 spiro atoms. The van der Waals surface area contributed by atoms with Crippen molar-refractivity contribution in [2.24, 2.45) is 0 Å². The molecule has 97 heavy (non-hydrogen) atoms. The number of benzene rings is 7. The smallest absolute Gasteiger partial charge is 0.338 e. The van der Waals surface area contributed by atoms with Crippen molar-refractivity contribution >= 4 is 76.7 Å². The van der Waals surface area contributed by atoms with E-state index in [4.69, 9.17) is 59.9 Å². The minimum atomic E-state index is -2.45. The second-order valence-corrected chi connectivity index (χ2v) is 21.9. The average molecular weight is 1450 g/mol. The fourth-order valence-electron chi connectivity index (χ4n) is 9.89. The zero-order valence-electron chi connectivity index (χ0n) is 51.9. The van der Waals surface area contributed by atoms with E-state index in [1.807, 2.05) is 0 Å². The van der Waals surface area contributed by atoms with E-state index >= 15 is 0 Å². The molecule has 0 amide bonds. The Kier molecular flexibility index (Phi) is 27.8. The first-order valence-corrected chi connectivity index (χ1v) is 31.1. The van der Waals surface area contributed by atoms with Crippen molar-refractivity contribution in [3.8, 4) is 0 Å². The highest BCUT2D eigenvalue weighted by Crippen LogP contribution is 2.33. The summed E-state index contributed by atoms with van der Waals surface area (Å²) in [7, 11) is 0. The predicted molar refractivity (Wildman–Crippen MR) is 345 cm³/mol. The highest BCUT2D eigenvalue weighted by atomic mass is 127. The molecular formula is C71H67IO25. The van der Waals surface area contributed by atoms with E-state index in [1.54, 1.807) is 78.9 Å². The van der Waals surface area contributed by atoms with Crippen molar-refractivity contribution in [3.63, 3.8) is 0 Å². The fourth-order valence-corrected chi connectivity index (χ4v) is 10.2. The minimum Gasteiger partial charge on any atom is -0.462 e. The van der Waals surface area contributed by atoms with Crippen molar-refractivity contribution in [1.29, 1.82) is 0 Å². The topological polar surface area (TPSA) is 334 Å². The van der Waals surface area contributed by atoms with Gasteiger partial charge in [0.25, 0.3) is 0 Å². The van der Waals surface area contributed by atoms with Crippen LogP contribution in [0.25, 0.3) is 0 Å². The number of hydrogen-bond donors (Lipinski definition) is 3. The van der Waals surface area contributed by atoms with Gasteiger partial charge in [-0.2, -0.15) is 0 Å². The van der Waals surface area contributed by atoms with Gasteiger partial charge in [0.2, 0.25) is 6.29 Å². The quantitative estimate of drug-likeness (QED) is 0.0156. The van der Waals surface area contributed by atoms with Gasteiger partial charge in [0.1, 0.15) is 60.1 Å². The highest BCUT2D eigenvalue weighted by molar-refractivity contribution is 14.1. The van der Waals surface area contributed by atoms with Gasteiger partial charge in [-0.1, -0.05) is 127 Å². The Morgan fingerprint density at radius 2 is 0.753 bits per heavy atom. The first-order chi connectivity index (χ1) is 46.9. The number of carbonyl (C=O) groups is 9. The second kappa shape index (κ2) is 36.9. The van der Waals surface area contributed by atoms with Crippen molar-refractivity contribution in [1.82, 2.24) is 0 Å². The normalized spacial score (nSPS) is 18.2. The summed E-state index contributed by atoms with van der Waals surface area (Å²) in [6, 6.07) is 52.7. The third-order valence-corrected chi connectivity index (χ3v) is 15.1. The van der Waals surface area contributed by atoms with Gasteiger partial charge in [0.05, 0.1) is 52.2 Å². The molecule has 508 valence electrons. The Bertz CT molecular complexity index is 3690. The monoisotopic (exact) mass is 1450 g/mol. The Balaban J connectivity index is 1.18. The third kappa shape index (κ3) is 21.4. The van der Waals surface area contributed by atoms with E-state index in [2.05, 4.69) is 0 Å². The van der Waals surface area contributed by atoms with Crippen LogP contribution in [0.1, 0.15) is 99.2 Å². The zero-order chi connectivity index (χ0) is 69.2. The van der Waals surface area contributed by atoms with Crippen LogP contribution < -0.4 is 0 Å². The summed E-state index contributed by atoms with van der Waals surface area (Å²) in [5, 5.41) is 36.6. The van der Waals surface area contributed by atoms with Gasteiger partial charge in [-0.3, -0.25) is 12.7 Å². The molecule has 25 nitrogen and oxygen atoms in total. The molecule has 0 radical (unpaired) electrons. The molecule has 7 aromatic carbocycles. The number of halogens is 1. The van der Waals surface area contributed by atoms with E-state index < -0.39 is 166 Å². The van der Waals surface area contributed by atoms with Crippen LogP contribution in [0.5, 0.6) is 0 Å². The zero-order valence-corrected chi connectivity index (χ0v) is 54.1. The lowest BCUT2D eigenvalue weighted by molar-refractivity contribution is -0.328. The van der Waals surface area contributed by atoms with Crippen LogP contribution in [-0.4, -0.2) is 169 Å². The molecular weight excluding hydrogens is 1380 g/mol. The number of hydrogen-bond acceptors (Lipinski definition) is 25. The fraction of sp³-hybridized carbons (Fsp3) is 0.282. The number of esters is 9. The van der Waals surface area contributed by atoms with Gasteiger partial charge in [0, 0.05) is 26.7 Å². The first-order valence-electron chi connectivity index (χ1n) is 30.2. The average Bonchev–Trinajstić information content (AvgIpc) is 0.788. The molecule has 8 rings (SSSR count). The van der Waals surface area contributed by atoms with Gasteiger partial charge in [-0.15, -0.1) is 0 Å². The largest absolute Gasteiger partial charge is 0.462 e. The maximum absolute atomic E-state index is 14.3. The molecule has 0 saturated carbocycles. The van der Waals surface area contributed by atoms with Crippen molar-refractivity contribution < 1.29 is 118 Å². The second-order valence-electron chi connectivity index (χ2n) is 21.4. The van der Waals surface area contributed by atoms with Crippen LogP contribution in [0.15, 0.2) is 212 Å². The third-order valence-electron chi connectivity index (χ3n) is 14.6. The molecule has 7 aromatic rings. The number of carbonyl (C=O) groups excluding carboxylic acids is 9. The predicted octanol–water partition coefficient (Wildman–Crippen LogP) is 7.96. The minimum absolute atomic E-state index is 0.00267. The summed E-state index contributed by atoms with van der Waals surface area (Å²) >= 11 is 1.27. The lowest BCUT2D eigenvalue weighted by Gasteiger charge is -2.45. The molecule has 1 aliphatic heterocycles. The molecule has 1 aliphatic rings. The van der Waals surface area contributed by atoms with Crippen molar-refractivity contribution in [2.45, 2.75) is 107 Å². The molecule has 1 fully saturated rings. The van der Waals surface area contributed by atoms with Crippen molar-refractivity contribution in [3.05, 3.63) is 251 Å². The van der Waals surface area contributed by atoms with Gasteiger partial charge in [-0.05, 0) is 84.9 Å². The van der Waals surface area contributed by atoms with Crippen LogP contribution in [0.2, 0.25) is 0 Å². The number of aliphatic hydroxyl groups excluding tert-OH is 3. The number of rotatable bonds is 32. The summed E-state index contributed by atoms with van der Waals surface area (Å²) in [5.74, 6) is -9.22. The van der Waals surface area contributed by atoms with Gasteiger partial charge < -0.3 is 72.2 Å². The number of aliphatic hydroxyl groups is 3. The van der Waals surface area contributed by atoms with Crippen LogP contribution in [0.3, 0.4) is 0 Å². The molecule has 0 aromatic heterocycles. The Labute approximate surface area is 569 Å². The van der Waals surface area contributed by atoms with E-state index in [1.165, 1.54) is 156 Å². The Hall–Kier alpha value is -9.78. The van der Waals surface area contributed by atoms with Crippen LogP contribution in [-0.2, 0) is 69.5 Å². The van der Waals surface area contributed by atoms with E-state index in [0.29, 0.717) is 0 Å². The molecule has 26 heteroatoms. The summed E-state index contributed by atoms with van der Waals surface area (Å²) in [6.07, 6.45) is -28.1. The molecule has 0 bridgehead atoms. The molecule has 3 N–H and O–H groups in total. The van der Waals surface area contributed by atoms with Crippen LogP contribution in [0, 0.1) is 0 Å². The van der Waals surface area contributed by atoms with Gasteiger partial charge >= 0.3 is 53.7 Å². The molecule has 13 atom stereocenters. The highest BCUT2D eigenvalue weighted by Gasteiger charge is 2.54. The summed E-state index contributed by atoms with van der Waals surface area (Å²) in [6.45, 7) is -0.293. The van der Waals surface area contributed by atoms with E-state index in [-0.39, 0.29) is 38.9 Å². The first kappa shape index (κ1) is 73.0. The molecule has 13 unspecified atom stereocenters. The van der Waals surface area contributed by atoms with Crippen molar-refractivity contribution in [2.75, 3.05) is 19.8 Å². The standard InChI is InChI=1S/C71H67IO25/c1-43(73)88-52(38-41-86-69(83)60(95-68(82)51-36-22-9-23-37-51)57(93-66(80)49-32-18-7-19-33-49)53(90-64(78)47-28-14-5-15-29-47)39-40-85-62(76)45-24-10-3-11-25-45)58(61(70(84)97-72)89-44(2)74)96-71-59(94-67(81)50-34-20-8-21-35-50)55(75)56(92-65(79)48-30-16-6-17-31-48)54(91-71)42-87-63(77)46-26-12-4-13-27-46/h3-37,52-61,69-71,75,83-84H,38-42H2,1-2H3. The van der Waals surface area contributed by atoms with Crippen LogP contribution >= 0.6 is 23.0 Å². The SMILES string of the molecule is CC(=O)OC(CCOC(O)C(OC(=O)c1ccccc1)C(OC(=O)c1ccccc1)C(CCOC(=O)c1ccccc1)OC(=O)c1ccccc1)C(OC1OC(COC(=O)c2ccccc2)C(OC(=O)c2ccccc2)C(O)C1OC(=O)c1ccccc1)C(OC(C)=O)C(O)OI. The molecule has 1 heterocycles. The molecule has 1 saturated heterocycles. The van der Waals surface area contributed by atoms with Gasteiger partial charge in [-0.25, -0.2) is 33.6 Å². The summed E-state index contributed by atoms with van der Waals surface area (Å²) < 4.78 is 77.0. The number of ether oxygens (including phenoxy) is 12. The maximum Gasteiger partial charge on any atom is 0.338 e.